The lowest BCUT2D eigenvalue weighted by Gasteiger charge is -2.24. The number of oxime groups is 1. The summed E-state index contributed by atoms with van der Waals surface area (Å²) in [5.41, 5.74) is 7.05. The fraction of sp³-hybridized carbons (Fsp3) is 0.562. The van der Waals surface area contributed by atoms with E-state index in [4.69, 9.17) is 10.9 Å². The third-order valence-corrected chi connectivity index (χ3v) is 3.89. The molecule has 0 spiro atoms. The number of benzene rings is 1. The van der Waals surface area contributed by atoms with E-state index in [0.29, 0.717) is 24.1 Å². The van der Waals surface area contributed by atoms with Gasteiger partial charge in [0.25, 0.3) is 0 Å². The zero-order valence-electron chi connectivity index (χ0n) is 12.7. The summed E-state index contributed by atoms with van der Waals surface area (Å²) in [7, 11) is 0. The Morgan fingerprint density at radius 1 is 1.48 bits per heavy atom. The highest BCUT2D eigenvalue weighted by molar-refractivity contribution is 5.98. The van der Waals surface area contributed by atoms with Crippen LogP contribution in [0.25, 0.3) is 0 Å². The Morgan fingerprint density at radius 2 is 2.19 bits per heavy atom. The highest BCUT2D eigenvalue weighted by Gasteiger charge is 2.29. The summed E-state index contributed by atoms with van der Waals surface area (Å²) >= 11 is 0. The first-order valence-corrected chi connectivity index (χ1v) is 7.51. The Bertz CT molecular complexity index is 512. The van der Waals surface area contributed by atoms with Crippen LogP contribution in [0.15, 0.2) is 23.4 Å². The predicted molar refractivity (Wildman–Crippen MR) is 81.8 cm³/mol. The maximum absolute atomic E-state index is 13.4. The van der Waals surface area contributed by atoms with Crippen LogP contribution in [0.4, 0.5) is 4.39 Å². The summed E-state index contributed by atoms with van der Waals surface area (Å²) in [5.74, 6) is 0.243. The molecule has 1 fully saturated rings. The van der Waals surface area contributed by atoms with Gasteiger partial charge in [0.2, 0.25) is 0 Å². The number of hydrogen-bond donors (Lipinski definition) is 2. The van der Waals surface area contributed by atoms with Crippen molar-refractivity contribution in [1.82, 2.24) is 4.90 Å². The minimum atomic E-state index is -0.375. The topological polar surface area (TPSA) is 61.8 Å². The van der Waals surface area contributed by atoms with E-state index < -0.39 is 0 Å². The molecule has 0 heterocycles. The van der Waals surface area contributed by atoms with Crippen molar-refractivity contribution in [3.63, 3.8) is 0 Å². The van der Waals surface area contributed by atoms with Gasteiger partial charge >= 0.3 is 0 Å². The molecule has 1 aromatic rings. The number of amidine groups is 1. The second kappa shape index (κ2) is 6.89. The normalized spacial score (nSPS) is 16.0. The van der Waals surface area contributed by atoms with Gasteiger partial charge in [0, 0.05) is 18.2 Å². The maximum Gasteiger partial charge on any atom is 0.170 e. The molecule has 5 heteroatoms. The lowest BCUT2D eigenvalue weighted by atomic mass is 10.0. The molecule has 0 aromatic heterocycles. The molecule has 0 saturated heterocycles. The largest absolute Gasteiger partial charge is 0.409 e. The van der Waals surface area contributed by atoms with Gasteiger partial charge < -0.3 is 10.9 Å². The first-order chi connectivity index (χ1) is 10.0. The third kappa shape index (κ3) is 4.43. The fourth-order valence-electron chi connectivity index (χ4n) is 2.45. The molecular formula is C16H24FN3O. The second-order valence-electron chi connectivity index (χ2n) is 6.17. The molecule has 1 saturated carbocycles. The van der Waals surface area contributed by atoms with Crippen molar-refractivity contribution in [2.75, 3.05) is 6.54 Å². The summed E-state index contributed by atoms with van der Waals surface area (Å²) in [6, 6.07) is 5.11. The maximum atomic E-state index is 13.4. The van der Waals surface area contributed by atoms with Crippen molar-refractivity contribution < 1.29 is 9.60 Å². The molecule has 0 atom stereocenters. The van der Waals surface area contributed by atoms with Crippen LogP contribution in [0, 0.1) is 11.7 Å². The van der Waals surface area contributed by atoms with Gasteiger partial charge in [0.05, 0.1) is 0 Å². The second-order valence-corrected chi connectivity index (χ2v) is 6.17. The summed E-state index contributed by atoms with van der Waals surface area (Å²) in [4.78, 5) is 2.42. The summed E-state index contributed by atoms with van der Waals surface area (Å²) in [5, 5.41) is 11.9. The van der Waals surface area contributed by atoms with Crippen LogP contribution in [0.3, 0.4) is 0 Å². The van der Waals surface area contributed by atoms with Gasteiger partial charge in [-0.2, -0.15) is 0 Å². The Kier molecular flexibility index (Phi) is 5.17. The number of nitrogens with two attached hydrogens (primary N) is 1. The SMILES string of the molecule is CC(C)CCN(Cc1ccc(F)cc1/C(N)=N/O)C1CC1. The predicted octanol–water partition coefficient (Wildman–Crippen LogP) is 2.93. The molecule has 1 aromatic carbocycles. The van der Waals surface area contributed by atoms with Crippen LogP contribution in [0.1, 0.15) is 44.2 Å². The van der Waals surface area contributed by atoms with Crippen LogP contribution < -0.4 is 5.73 Å². The minimum Gasteiger partial charge on any atom is -0.409 e. The molecule has 3 N–H and O–H groups in total. The summed E-state index contributed by atoms with van der Waals surface area (Å²) in [6.07, 6.45) is 3.58. The van der Waals surface area contributed by atoms with Gasteiger partial charge in [-0.25, -0.2) is 4.39 Å². The Hall–Kier alpha value is -1.62. The molecule has 0 amide bonds. The number of rotatable bonds is 7. The third-order valence-electron chi connectivity index (χ3n) is 3.89. The average molecular weight is 293 g/mol. The lowest BCUT2D eigenvalue weighted by Crippen LogP contribution is -2.29. The molecule has 116 valence electrons. The van der Waals surface area contributed by atoms with Crippen LogP contribution in [-0.4, -0.2) is 28.5 Å². The van der Waals surface area contributed by atoms with Crippen molar-refractivity contribution in [2.45, 2.75) is 45.7 Å². The van der Waals surface area contributed by atoms with Crippen LogP contribution >= 0.6 is 0 Å². The van der Waals surface area contributed by atoms with Crippen LogP contribution in [-0.2, 0) is 6.54 Å². The highest BCUT2D eigenvalue weighted by Crippen LogP contribution is 2.29. The summed E-state index contributed by atoms with van der Waals surface area (Å²) < 4.78 is 13.4. The number of nitrogens with zero attached hydrogens (tertiary/aromatic N) is 2. The molecule has 0 unspecified atom stereocenters. The Balaban J connectivity index is 2.16. The van der Waals surface area contributed by atoms with Crippen molar-refractivity contribution >= 4 is 5.84 Å². The molecule has 0 aliphatic heterocycles. The standard InChI is InChI=1S/C16H24FN3O/c1-11(2)7-8-20(14-5-6-14)10-12-3-4-13(17)9-15(12)16(18)19-21/h3-4,9,11,14,21H,5-8,10H2,1-2H3,(H2,18,19). The smallest absolute Gasteiger partial charge is 0.170 e. The van der Waals surface area contributed by atoms with Gasteiger partial charge in [-0.3, -0.25) is 4.90 Å². The molecule has 4 nitrogen and oxygen atoms in total. The number of halogens is 1. The molecule has 1 aliphatic rings. The molecule has 1 aliphatic carbocycles. The zero-order chi connectivity index (χ0) is 15.4. The first-order valence-electron chi connectivity index (χ1n) is 7.51. The van der Waals surface area contributed by atoms with Gasteiger partial charge in [-0.05, 0) is 49.4 Å². The molecule has 0 bridgehead atoms. The Labute approximate surface area is 125 Å². The van der Waals surface area contributed by atoms with Gasteiger partial charge in [-0.1, -0.05) is 25.1 Å². The quantitative estimate of drug-likeness (QED) is 0.352. The van der Waals surface area contributed by atoms with E-state index >= 15 is 0 Å². The van der Waals surface area contributed by atoms with E-state index in [9.17, 15) is 4.39 Å². The average Bonchev–Trinajstić information content (AvgIpc) is 3.28. The summed E-state index contributed by atoms with van der Waals surface area (Å²) in [6.45, 7) is 6.16. The van der Waals surface area contributed by atoms with Gasteiger partial charge in [0.15, 0.2) is 5.84 Å². The molecule has 21 heavy (non-hydrogen) atoms. The highest BCUT2D eigenvalue weighted by atomic mass is 19.1. The van der Waals surface area contributed by atoms with Crippen molar-refractivity contribution in [3.8, 4) is 0 Å². The van der Waals surface area contributed by atoms with E-state index in [1.54, 1.807) is 6.07 Å². The first kappa shape index (κ1) is 15.8. The van der Waals surface area contributed by atoms with E-state index in [0.717, 1.165) is 18.5 Å². The van der Waals surface area contributed by atoms with Crippen molar-refractivity contribution in [3.05, 3.63) is 35.1 Å². The van der Waals surface area contributed by atoms with Crippen LogP contribution in [0.2, 0.25) is 0 Å². The number of hydrogen-bond acceptors (Lipinski definition) is 3. The monoisotopic (exact) mass is 293 g/mol. The molecule has 0 radical (unpaired) electrons. The molecule has 2 rings (SSSR count). The van der Waals surface area contributed by atoms with Crippen molar-refractivity contribution in [1.29, 1.82) is 0 Å². The molecular weight excluding hydrogens is 269 g/mol. The zero-order valence-corrected chi connectivity index (χ0v) is 12.7. The lowest BCUT2D eigenvalue weighted by molar-refractivity contribution is 0.239. The Morgan fingerprint density at radius 3 is 2.76 bits per heavy atom. The fourth-order valence-corrected chi connectivity index (χ4v) is 2.45. The van der Waals surface area contributed by atoms with E-state index in [1.165, 1.54) is 25.0 Å². The van der Waals surface area contributed by atoms with E-state index in [2.05, 4.69) is 23.9 Å². The van der Waals surface area contributed by atoms with Gasteiger partial charge in [-0.15, -0.1) is 0 Å². The van der Waals surface area contributed by atoms with Crippen molar-refractivity contribution in [2.24, 2.45) is 16.8 Å². The van der Waals surface area contributed by atoms with Crippen LogP contribution in [0.5, 0.6) is 0 Å². The minimum absolute atomic E-state index is 0.0379. The van der Waals surface area contributed by atoms with Gasteiger partial charge in [0.1, 0.15) is 5.82 Å². The van der Waals surface area contributed by atoms with E-state index in [-0.39, 0.29) is 11.7 Å². The van der Waals surface area contributed by atoms with E-state index in [1.807, 2.05) is 0 Å².